The highest BCUT2D eigenvalue weighted by atomic mass is 15.2. The first-order valence-electron chi connectivity index (χ1n) is 6.59. The minimum Gasteiger partial charge on any atom is -0.356 e. The molecule has 1 heterocycles. The summed E-state index contributed by atoms with van der Waals surface area (Å²) in [6.07, 6.45) is 7.08. The molecule has 0 spiro atoms. The lowest BCUT2D eigenvalue weighted by Gasteiger charge is -2.35. The first-order chi connectivity index (χ1) is 8.22. The molecule has 1 aromatic rings. The molecule has 1 aromatic heterocycles. The molecule has 3 heteroatoms. The van der Waals surface area contributed by atoms with E-state index in [4.69, 9.17) is 5.73 Å². The van der Waals surface area contributed by atoms with E-state index in [2.05, 4.69) is 29.9 Å². The van der Waals surface area contributed by atoms with E-state index in [1.807, 2.05) is 12.3 Å². The number of hydrogen-bond donors (Lipinski definition) is 1. The second-order valence-electron chi connectivity index (χ2n) is 5.21. The molecule has 0 atom stereocenters. The Kier molecular flexibility index (Phi) is 4.00. The third kappa shape index (κ3) is 2.78. The van der Waals surface area contributed by atoms with Crippen molar-refractivity contribution in [3.63, 3.8) is 0 Å². The van der Waals surface area contributed by atoms with Gasteiger partial charge in [-0.25, -0.2) is 4.98 Å². The Morgan fingerprint density at radius 1 is 1.35 bits per heavy atom. The zero-order valence-corrected chi connectivity index (χ0v) is 10.9. The fourth-order valence-corrected chi connectivity index (χ4v) is 2.71. The molecule has 0 bridgehead atoms. The topological polar surface area (TPSA) is 42.2 Å². The normalized spacial score (nSPS) is 24.6. The maximum atomic E-state index is 5.77. The van der Waals surface area contributed by atoms with E-state index in [1.165, 1.54) is 25.7 Å². The molecule has 94 valence electrons. The third-order valence-corrected chi connectivity index (χ3v) is 3.95. The highest BCUT2D eigenvalue weighted by Gasteiger charge is 2.23. The Balaban J connectivity index is 2.10. The van der Waals surface area contributed by atoms with Crippen molar-refractivity contribution in [3.8, 4) is 0 Å². The average Bonchev–Trinajstić information content (AvgIpc) is 2.39. The van der Waals surface area contributed by atoms with Crippen molar-refractivity contribution in [1.82, 2.24) is 4.98 Å². The fourth-order valence-electron chi connectivity index (χ4n) is 2.71. The summed E-state index contributed by atoms with van der Waals surface area (Å²) in [5.41, 5.74) is 6.92. The van der Waals surface area contributed by atoms with Gasteiger partial charge in [0.2, 0.25) is 0 Å². The second-order valence-corrected chi connectivity index (χ2v) is 5.21. The van der Waals surface area contributed by atoms with E-state index >= 15 is 0 Å². The van der Waals surface area contributed by atoms with Gasteiger partial charge >= 0.3 is 0 Å². The van der Waals surface area contributed by atoms with Crippen LogP contribution in [0.25, 0.3) is 0 Å². The SMILES string of the molecule is CC1CCC(N(C)c2ncccc2CN)CC1. The summed E-state index contributed by atoms with van der Waals surface area (Å²) in [7, 11) is 2.15. The summed E-state index contributed by atoms with van der Waals surface area (Å²) < 4.78 is 0. The molecule has 0 aromatic carbocycles. The average molecular weight is 233 g/mol. The maximum Gasteiger partial charge on any atom is 0.132 e. The van der Waals surface area contributed by atoms with Gasteiger partial charge in [-0.15, -0.1) is 0 Å². The number of nitrogens with two attached hydrogens (primary N) is 1. The van der Waals surface area contributed by atoms with Gasteiger partial charge in [0.05, 0.1) is 0 Å². The molecule has 1 aliphatic carbocycles. The first-order valence-corrected chi connectivity index (χ1v) is 6.59. The lowest BCUT2D eigenvalue weighted by atomic mass is 9.86. The largest absolute Gasteiger partial charge is 0.356 e. The molecular weight excluding hydrogens is 210 g/mol. The van der Waals surface area contributed by atoms with Crippen molar-refractivity contribution in [2.75, 3.05) is 11.9 Å². The van der Waals surface area contributed by atoms with E-state index in [1.54, 1.807) is 0 Å². The fraction of sp³-hybridized carbons (Fsp3) is 0.643. The van der Waals surface area contributed by atoms with E-state index in [0.717, 1.165) is 17.3 Å². The Morgan fingerprint density at radius 2 is 2.06 bits per heavy atom. The summed E-state index contributed by atoms with van der Waals surface area (Å²) in [6.45, 7) is 2.92. The van der Waals surface area contributed by atoms with E-state index in [9.17, 15) is 0 Å². The monoisotopic (exact) mass is 233 g/mol. The minimum absolute atomic E-state index is 0.566. The van der Waals surface area contributed by atoms with Crippen molar-refractivity contribution in [1.29, 1.82) is 0 Å². The zero-order chi connectivity index (χ0) is 12.3. The van der Waals surface area contributed by atoms with Crippen LogP contribution in [0, 0.1) is 5.92 Å². The molecule has 1 fully saturated rings. The Morgan fingerprint density at radius 3 is 2.71 bits per heavy atom. The quantitative estimate of drug-likeness (QED) is 0.872. The van der Waals surface area contributed by atoms with Gasteiger partial charge in [-0.1, -0.05) is 13.0 Å². The minimum atomic E-state index is 0.566. The standard InChI is InChI=1S/C14H23N3/c1-11-5-7-13(8-6-11)17(2)14-12(10-15)4-3-9-16-14/h3-4,9,11,13H,5-8,10,15H2,1-2H3. The van der Waals surface area contributed by atoms with Gasteiger partial charge < -0.3 is 10.6 Å². The van der Waals surface area contributed by atoms with E-state index < -0.39 is 0 Å². The van der Waals surface area contributed by atoms with Crippen molar-refractivity contribution >= 4 is 5.82 Å². The van der Waals surface area contributed by atoms with Crippen LogP contribution in [0.5, 0.6) is 0 Å². The molecule has 0 radical (unpaired) electrons. The summed E-state index contributed by atoms with van der Waals surface area (Å²) in [6, 6.07) is 4.67. The van der Waals surface area contributed by atoms with Gasteiger partial charge in [-0.3, -0.25) is 0 Å². The summed E-state index contributed by atoms with van der Waals surface area (Å²) >= 11 is 0. The molecule has 0 unspecified atom stereocenters. The Hall–Kier alpha value is -1.09. The van der Waals surface area contributed by atoms with Crippen LogP contribution in [-0.4, -0.2) is 18.1 Å². The van der Waals surface area contributed by atoms with Gasteiger partial charge in [-0.2, -0.15) is 0 Å². The molecule has 2 N–H and O–H groups in total. The van der Waals surface area contributed by atoms with E-state index in [0.29, 0.717) is 12.6 Å². The van der Waals surface area contributed by atoms with Gasteiger partial charge in [-0.05, 0) is 37.7 Å². The number of aromatic nitrogens is 1. The first kappa shape index (κ1) is 12.4. The summed E-state index contributed by atoms with van der Waals surface area (Å²) in [5, 5.41) is 0. The third-order valence-electron chi connectivity index (χ3n) is 3.95. The van der Waals surface area contributed by atoms with Crippen LogP contribution in [0.15, 0.2) is 18.3 Å². The van der Waals surface area contributed by atoms with Crippen molar-refractivity contribution in [3.05, 3.63) is 23.9 Å². The number of pyridine rings is 1. The number of hydrogen-bond acceptors (Lipinski definition) is 3. The van der Waals surface area contributed by atoms with Gasteiger partial charge in [0.25, 0.3) is 0 Å². The van der Waals surface area contributed by atoms with Crippen molar-refractivity contribution < 1.29 is 0 Å². The Bertz CT molecular complexity index is 356. The molecule has 0 aliphatic heterocycles. The lowest BCUT2D eigenvalue weighted by molar-refractivity contribution is 0.339. The second kappa shape index (κ2) is 5.50. The molecular formula is C14H23N3. The maximum absolute atomic E-state index is 5.77. The predicted octanol–water partition coefficient (Wildman–Crippen LogP) is 2.56. The molecule has 1 saturated carbocycles. The summed E-state index contributed by atoms with van der Waals surface area (Å²) in [4.78, 5) is 6.82. The Labute approximate surface area is 104 Å². The van der Waals surface area contributed by atoms with Crippen LogP contribution in [0.2, 0.25) is 0 Å². The van der Waals surface area contributed by atoms with Crippen LogP contribution in [0.3, 0.4) is 0 Å². The predicted molar refractivity (Wildman–Crippen MR) is 72.0 cm³/mol. The van der Waals surface area contributed by atoms with Crippen LogP contribution >= 0.6 is 0 Å². The van der Waals surface area contributed by atoms with Crippen LogP contribution in [0.4, 0.5) is 5.82 Å². The highest BCUT2D eigenvalue weighted by molar-refractivity contribution is 5.46. The summed E-state index contributed by atoms with van der Waals surface area (Å²) in [5.74, 6) is 1.95. The molecule has 2 rings (SSSR count). The molecule has 0 amide bonds. The number of rotatable bonds is 3. The molecule has 17 heavy (non-hydrogen) atoms. The number of nitrogens with zero attached hydrogens (tertiary/aromatic N) is 2. The zero-order valence-electron chi connectivity index (χ0n) is 10.9. The van der Waals surface area contributed by atoms with Gasteiger partial charge in [0, 0.05) is 31.4 Å². The number of anilines is 1. The van der Waals surface area contributed by atoms with Crippen molar-refractivity contribution in [2.45, 2.75) is 45.2 Å². The van der Waals surface area contributed by atoms with Gasteiger partial charge in [0.1, 0.15) is 5.82 Å². The van der Waals surface area contributed by atoms with Crippen LogP contribution in [-0.2, 0) is 6.54 Å². The molecule has 0 saturated heterocycles. The van der Waals surface area contributed by atoms with Crippen molar-refractivity contribution in [2.24, 2.45) is 11.7 Å². The highest BCUT2D eigenvalue weighted by Crippen LogP contribution is 2.29. The molecule has 1 aliphatic rings. The smallest absolute Gasteiger partial charge is 0.132 e. The lowest BCUT2D eigenvalue weighted by Crippen LogP contribution is -2.36. The van der Waals surface area contributed by atoms with Gasteiger partial charge in [0.15, 0.2) is 0 Å². The van der Waals surface area contributed by atoms with Crippen LogP contribution in [0.1, 0.15) is 38.2 Å². The van der Waals surface area contributed by atoms with Crippen LogP contribution < -0.4 is 10.6 Å². The van der Waals surface area contributed by atoms with E-state index in [-0.39, 0.29) is 0 Å². The molecule has 3 nitrogen and oxygen atoms in total.